The third-order valence-electron chi connectivity index (χ3n) is 4.03. The molecule has 3 heteroatoms. The first-order valence-corrected chi connectivity index (χ1v) is 8.19. The number of nitrogens with one attached hydrogen (secondary N) is 1. The molecular formula is C18H29FN2. The van der Waals surface area contributed by atoms with Crippen molar-refractivity contribution in [3.05, 3.63) is 35.1 Å². The SMILES string of the molecule is CC(C)(C)NCc1ccc(F)c(CN2CCCCCC2)c1. The minimum Gasteiger partial charge on any atom is -0.308 e. The quantitative estimate of drug-likeness (QED) is 0.899. The first-order chi connectivity index (χ1) is 9.94. The lowest BCUT2D eigenvalue weighted by atomic mass is 10.1. The maximum Gasteiger partial charge on any atom is 0.127 e. The Hall–Kier alpha value is -0.930. The maximum atomic E-state index is 14.1. The largest absolute Gasteiger partial charge is 0.308 e. The fraction of sp³-hybridized carbons (Fsp3) is 0.667. The van der Waals surface area contributed by atoms with E-state index in [4.69, 9.17) is 0 Å². The molecule has 1 aromatic rings. The summed E-state index contributed by atoms with van der Waals surface area (Å²) in [4.78, 5) is 2.40. The molecule has 1 N–H and O–H groups in total. The Morgan fingerprint density at radius 2 is 1.76 bits per heavy atom. The van der Waals surface area contributed by atoms with Crippen LogP contribution >= 0.6 is 0 Å². The van der Waals surface area contributed by atoms with Crippen molar-refractivity contribution in [2.24, 2.45) is 0 Å². The van der Waals surface area contributed by atoms with Gasteiger partial charge < -0.3 is 5.32 Å². The van der Waals surface area contributed by atoms with E-state index in [0.717, 1.165) is 37.3 Å². The molecule has 1 saturated heterocycles. The number of likely N-dealkylation sites (tertiary alicyclic amines) is 1. The van der Waals surface area contributed by atoms with Crippen LogP contribution in [0.25, 0.3) is 0 Å². The summed E-state index contributed by atoms with van der Waals surface area (Å²) in [6.07, 6.45) is 5.11. The molecule has 0 bridgehead atoms. The molecule has 2 nitrogen and oxygen atoms in total. The molecule has 1 aliphatic rings. The predicted octanol–water partition coefficient (Wildman–Crippen LogP) is 4.09. The number of nitrogens with zero attached hydrogens (tertiary/aromatic N) is 1. The second-order valence-corrected chi connectivity index (χ2v) is 7.22. The Balaban J connectivity index is 2.00. The highest BCUT2D eigenvalue weighted by Gasteiger charge is 2.13. The summed E-state index contributed by atoms with van der Waals surface area (Å²) in [5.41, 5.74) is 2.08. The fourth-order valence-electron chi connectivity index (χ4n) is 2.76. The van der Waals surface area contributed by atoms with Crippen LogP contribution in [0.4, 0.5) is 4.39 Å². The summed E-state index contributed by atoms with van der Waals surface area (Å²) in [5.74, 6) is -0.0706. The first-order valence-electron chi connectivity index (χ1n) is 8.19. The van der Waals surface area contributed by atoms with Gasteiger partial charge >= 0.3 is 0 Å². The summed E-state index contributed by atoms with van der Waals surface area (Å²) < 4.78 is 14.1. The molecule has 0 spiro atoms. The van der Waals surface area contributed by atoms with E-state index in [1.165, 1.54) is 25.7 Å². The fourth-order valence-corrected chi connectivity index (χ4v) is 2.76. The Kier molecular flexibility index (Phi) is 5.77. The van der Waals surface area contributed by atoms with E-state index in [0.29, 0.717) is 0 Å². The number of halogens is 1. The van der Waals surface area contributed by atoms with E-state index < -0.39 is 0 Å². The Labute approximate surface area is 128 Å². The van der Waals surface area contributed by atoms with Gasteiger partial charge in [-0.2, -0.15) is 0 Å². The molecule has 0 amide bonds. The standard InChI is InChI=1S/C18H29FN2/c1-18(2,3)20-13-15-8-9-17(19)16(12-15)14-21-10-6-4-5-7-11-21/h8-9,12,20H,4-7,10-11,13-14H2,1-3H3. The van der Waals surface area contributed by atoms with Gasteiger partial charge in [-0.15, -0.1) is 0 Å². The summed E-state index contributed by atoms with van der Waals surface area (Å²) >= 11 is 0. The lowest BCUT2D eigenvalue weighted by Crippen LogP contribution is -2.35. The summed E-state index contributed by atoms with van der Waals surface area (Å²) in [7, 11) is 0. The van der Waals surface area contributed by atoms with Gasteiger partial charge in [0.15, 0.2) is 0 Å². The van der Waals surface area contributed by atoms with Gasteiger partial charge in [-0.05, 0) is 58.3 Å². The van der Waals surface area contributed by atoms with Crippen molar-refractivity contribution in [3.63, 3.8) is 0 Å². The molecule has 0 radical (unpaired) electrons. The zero-order chi connectivity index (χ0) is 15.3. The van der Waals surface area contributed by atoms with Crippen molar-refractivity contribution in [2.75, 3.05) is 13.1 Å². The topological polar surface area (TPSA) is 15.3 Å². The Morgan fingerprint density at radius 1 is 1.10 bits per heavy atom. The Bertz CT molecular complexity index is 443. The van der Waals surface area contributed by atoms with Crippen molar-refractivity contribution in [3.8, 4) is 0 Å². The number of hydrogen-bond donors (Lipinski definition) is 1. The van der Waals surface area contributed by atoms with Crippen LogP contribution in [0.3, 0.4) is 0 Å². The molecule has 0 aliphatic carbocycles. The first kappa shape index (κ1) is 16.4. The second-order valence-electron chi connectivity index (χ2n) is 7.22. The summed E-state index contributed by atoms with van der Waals surface area (Å²) in [6, 6.07) is 5.53. The van der Waals surface area contributed by atoms with Gasteiger partial charge in [0.1, 0.15) is 5.82 Å². The molecule has 1 aromatic carbocycles. The molecular weight excluding hydrogens is 263 g/mol. The minimum atomic E-state index is -0.0706. The molecule has 1 heterocycles. The minimum absolute atomic E-state index is 0.0706. The maximum absolute atomic E-state index is 14.1. The normalized spacial score (nSPS) is 17.7. The van der Waals surface area contributed by atoms with Gasteiger partial charge in [0.2, 0.25) is 0 Å². The molecule has 1 aliphatic heterocycles. The van der Waals surface area contributed by atoms with Gasteiger partial charge in [-0.1, -0.05) is 25.0 Å². The molecule has 0 atom stereocenters. The number of hydrogen-bond acceptors (Lipinski definition) is 2. The van der Waals surface area contributed by atoms with Gasteiger partial charge in [0, 0.05) is 24.2 Å². The predicted molar refractivity (Wildman–Crippen MR) is 86.7 cm³/mol. The molecule has 1 fully saturated rings. The average molecular weight is 292 g/mol. The molecule has 118 valence electrons. The van der Waals surface area contributed by atoms with Crippen LogP contribution in [0, 0.1) is 5.82 Å². The molecule has 0 saturated carbocycles. The van der Waals surface area contributed by atoms with Gasteiger partial charge in [0.05, 0.1) is 0 Å². The van der Waals surface area contributed by atoms with E-state index in [2.05, 4.69) is 31.0 Å². The highest BCUT2D eigenvalue weighted by Crippen LogP contribution is 2.17. The second kappa shape index (κ2) is 7.37. The van der Waals surface area contributed by atoms with Crippen molar-refractivity contribution in [2.45, 2.75) is 65.1 Å². The van der Waals surface area contributed by atoms with E-state index in [9.17, 15) is 4.39 Å². The van der Waals surface area contributed by atoms with Crippen molar-refractivity contribution in [1.29, 1.82) is 0 Å². The van der Waals surface area contributed by atoms with Crippen LogP contribution in [-0.4, -0.2) is 23.5 Å². The lowest BCUT2D eigenvalue weighted by Gasteiger charge is -2.22. The Morgan fingerprint density at radius 3 is 2.38 bits per heavy atom. The van der Waals surface area contributed by atoms with Crippen LogP contribution in [-0.2, 0) is 13.1 Å². The van der Waals surface area contributed by atoms with Gasteiger partial charge in [-0.3, -0.25) is 4.90 Å². The average Bonchev–Trinajstić information content (AvgIpc) is 2.67. The lowest BCUT2D eigenvalue weighted by molar-refractivity contribution is 0.273. The number of benzene rings is 1. The zero-order valence-corrected chi connectivity index (χ0v) is 13.7. The molecule has 2 rings (SSSR count). The van der Waals surface area contributed by atoms with E-state index in [-0.39, 0.29) is 11.4 Å². The van der Waals surface area contributed by atoms with Crippen LogP contribution in [0.2, 0.25) is 0 Å². The van der Waals surface area contributed by atoms with Crippen molar-refractivity contribution >= 4 is 0 Å². The molecule has 0 aromatic heterocycles. The van der Waals surface area contributed by atoms with Crippen molar-refractivity contribution < 1.29 is 4.39 Å². The van der Waals surface area contributed by atoms with Crippen molar-refractivity contribution in [1.82, 2.24) is 10.2 Å². The monoisotopic (exact) mass is 292 g/mol. The van der Waals surface area contributed by atoms with Crippen LogP contribution in [0.1, 0.15) is 57.6 Å². The molecule has 21 heavy (non-hydrogen) atoms. The van der Waals surface area contributed by atoms with E-state index >= 15 is 0 Å². The van der Waals surface area contributed by atoms with E-state index in [1.54, 1.807) is 6.07 Å². The van der Waals surface area contributed by atoms with E-state index in [1.807, 2.05) is 12.1 Å². The van der Waals surface area contributed by atoms with Gasteiger partial charge in [0.25, 0.3) is 0 Å². The third-order valence-corrected chi connectivity index (χ3v) is 4.03. The van der Waals surface area contributed by atoms with Gasteiger partial charge in [-0.25, -0.2) is 4.39 Å². The summed E-state index contributed by atoms with van der Waals surface area (Å²) in [5, 5.41) is 3.46. The summed E-state index contributed by atoms with van der Waals surface area (Å²) in [6.45, 7) is 10.2. The highest BCUT2D eigenvalue weighted by molar-refractivity contribution is 5.25. The highest BCUT2D eigenvalue weighted by atomic mass is 19.1. The zero-order valence-electron chi connectivity index (χ0n) is 13.7. The van der Waals surface area contributed by atoms with Crippen LogP contribution < -0.4 is 5.32 Å². The smallest absolute Gasteiger partial charge is 0.127 e. The third kappa shape index (κ3) is 5.76. The van der Waals surface area contributed by atoms with Crippen LogP contribution in [0.15, 0.2) is 18.2 Å². The number of rotatable bonds is 4. The van der Waals surface area contributed by atoms with Crippen LogP contribution in [0.5, 0.6) is 0 Å². The molecule has 0 unspecified atom stereocenters.